The highest BCUT2D eigenvalue weighted by molar-refractivity contribution is 5.95. The van der Waals surface area contributed by atoms with E-state index in [9.17, 15) is 9.18 Å². The zero-order valence-corrected chi connectivity index (χ0v) is 17.3. The molecule has 3 rings (SSSR count). The summed E-state index contributed by atoms with van der Waals surface area (Å²) < 4.78 is 24.0. The van der Waals surface area contributed by atoms with Gasteiger partial charge in [-0.2, -0.15) is 0 Å². The predicted octanol–water partition coefficient (Wildman–Crippen LogP) is 4.65. The molecule has 0 radical (unpaired) electrons. The zero-order chi connectivity index (χ0) is 21.5. The molecule has 6 heteroatoms. The maximum absolute atomic E-state index is 13.2. The Morgan fingerprint density at radius 3 is 2.33 bits per heavy atom. The van der Waals surface area contributed by atoms with Crippen LogP contribution in [0.15, 0.2) is 72.8 Å². The second-order valence-corrected chi connectivity index (χ2v) is 6.90. The van der Waals surface area contributed by atoms with Gasteiger partial charge in [-0.05, 0) is 42.9 Å². The van der Waals surface area contributed by atoms with Crippen LogP contribution in [0.5, 0.6) is 11.5 Å². The molecule has 0 heterocycles. The van der Waals surface area contributed by atoms with E-state index in [0.717, 1.165) is 11.1 Å². The molecule has 1 N–H and O–H groups in total. The van der Waals surface area contributed by atoms with Crippen LogP contribution in [-0.2, 0) is 11.3 Å². The first kappa shape index (κ1) is 21.3. The first-order chi connectivity index (χ1) is 14.5. The summed E-state index contributed by atoms with van der Waals surface area (Å²) in [7, 11) is 5.09. The first-order valence-electron chi connectivity index (χ1n) is 9.54. The number of carbonyl (C=O) groups is 1. The van der Waals surface area contributed by atoms with Crippen molar-refractivity contribution in [1.29, 1.82) is 0 Å². The normalized spacial score (nSPS) is 11.8. The fourth-order valence-corrected chi connectivity index (χ4v) is 3.33. The molecule has 0 spiro atoms. The van der Waals surface area contributed by atoms with Crippen molar-refractivity contribution in [2.45, 2.75) is 12.6 Å². The van der Waals surface area contributed by atoms with Crippen LogP contribution in [0.1, 0.15) is 17.2 Å². The van der Waals surface area contributed by atoms with E-state index >= 15 is 0 Å². The number of carbonyl (C=O) groups excluding carboxylic acids is 1. The summed E-state index contributed by atoms with van der Waals surface area (Å²) in [5, 5.41) is 2.88. The zero-order valence-electron chi connectivity index (χ0n) is 17.3. The average molecular weight is 408 g/mol. The fraction of sp³-hybridized carbons (Fsp3) is 0.208. The Balaban J connectivity index is 1.87. The van der Waals surface area contributed by atoms with E-state index in [2.05, 4.69) is 5.32 Å². The fourth-order valence-electron chi connectivity index (χ4n) is 3.33. The number of nitrogens with one attached hydrogen (secondary N) is 1. The third-order valence-corrected chi connectivity index (χ3v) is 4.83. The molecule has 3 aromatic carbocycles. The van der Waals surface area contributed by atoms with E-state index in [1.165, 1.54) is 12.1 Å². The molecule has 156 valence electrons. The van der Waals surface area contributed by atoms with Crippen LogP contribution in [0.3, 0.4) is 0 Å². The Hall–Kier alpha value is -3.38. The van der Waals surface area contributed by atoms with Gasteiger partial charge in [0.25, 0.3) is 0 Å². The lowest BCUT2D eigenvalue weighted by Crippen LogP contribution is -2.34. The summed E-state index contributed by atoms with van der Waals surface area (Å²) in [6, 6.07) is 20.3. The SMILES string of the molecule is COc1ccc(CN(C)C(C(=O)Nc2ccc(F)cc2)c2ccccc2)c(OC)c1. The van der Waals surface area contributed by atoms with Crippen LogP contribution in [0.25, 0.3) is 0 Å². The van der Waals surface area contributed by atoms with Gasteiger partial charge >= 0.3 is 0 Å². The van der Waals surface area contributed by atoms with E-state index < -0.39 is 6.04 Å². The molecule has 0 bridgehead atoms. The molecule has 5 nitrogen and oxygen atoms in total. The van der Waals surface area contributed by atoms with E-state index in [1.54, 1.807) is 26.4 Å². The van der Waals surface area contributed by atoms with Gasteiger partial charge in [0.05, 0.1) is 14.2 Å². The lowest BCUT2D eigenvalue weighted by atomic mass is 10.0. The lowest BCUT2D eigenvalue weighted by Gasteiger charge is -2.28. The number of likely N-dealkylation sites (N-methyl/N-ethyl adjacent to an activating group) is 1. The molecule has 0 aliphatic heterocycles. The highest BCUT2D eigenvalue weighted by Crippen LogP contribution is 2.29. The van der Waals surface area contributed by atoms with Crippen LogP contribution in [0, 0.1) is 5.82 Å². The van der Waals surface area contributed by atoms with Gasteiger partial charge in [-0.1, -0.05) is 36.4 Å². The molecule has 0 fully saturated rings. The number of methoxy groups -OCH3 is 2. The molecule has 3 aromatic rings. The Morgan fingerprint density at radius 2 is 1.70 bits per heavy atom. The summed E-state index contributed by atoms with van der Waals surface area (Å²) in [5.41, 5.74) is 2.32. The molecule has 30 heavy (non-hydrogen) atoms. The summed E-state index contributed by atoms with van der Waals surface area (Å²) in [4.78, 5) is 15.1. The Kier molecular flexibility index (Phi) is 7.03. The van der Waals surface area contributed by atoms with Crippen molar-refractivity contribution in [2.24, 2.45) is 0 Å². The largest absolute Gasteiger partial charge is 0.497 e. The number of nitrogens with zero attached hydrogens (tertiary/aromatic N) is 1. The van der Waals surface area contributed by atoms with Gasteiger partial charge in [0.15, 0.2) is 0 Å². The van der Waals surface area contributed by atoms with Crippen molar-refractivity contribution in [3.8, 4) is 11.5 Å². The molecule has 0 saturated heterocycles. The number of ether oxygens (including phenoxy) is 2. The van der Waals surface area contributed by atoms with Gasteiger partial charge in [-0.25, -0.2) is 4.39 Å². The average Bonchev–Trinajstić information content (AvgIpc) is 2.76. The quantitative estimate of drug-likeness (QED) is 0.589. The number of benzene rings is 3. The van der Waals surface area contributed by atoms with E-state index in [1.807, 2.05) is 60.5 Å². The Labute approximate surface area is 176 Å². The number of anilines is 1. The predicted molar refractivity (Wildman–Crippen MR) is 115 cm³/mol. The molecule has 0 aromatic heterocycles. The minimum Gasteiger partial charge on any atom is -0.497 e. The standard InChI is InChI=1S/C24H25FN2O3/c1-27(16-18-9-14-21(29-2)15-22(18)30-3)23(17-7-5-4-6-8-17)24(28)26-20-12-10-19(25)11-13-20/h4-15,23H,16H2,1-3H3,(H,26,28). The van der Waals surface area contributed by atoms with Crippen LogP contribution < -0.4 is 14.8 Å². The van der Waals surface area contributed by atoms with Crippen molar-refractivity contribution >= 4 is 11.6 Å². The van der Waals surface area contributed by atoms with Crippen molar-refractivity contribution in [3.05, 3.63) is 89.7 Å². The molecule has 0 aliphatic rings. The number of halogens is 1. The van der Waals surface area contributed by atoms with Crippen molar-refractivity contribution in [1.82, 2.24) is 4.90 Å². The number of hydrogen-bond donors (Lipinski definition) is 1. The van der Waals surface area contributed by atoms with Gasteiger partial charge in [-0.3, -0.25) is 9.69 Å². The monoisotopic (exact) mass is 408 g/mol. The van der Waals surface area contributed by atoms with Gasteiger partial charge in [0.2, 0.25) is 5.91 Å². The summed E-state index contributed by atoms with van der Waals surface area (Å²) in [6.45, 7) is 0.476. The second kappa shape index (κ2) is 9.89. The van der Waals surface area contributed by atoms with Gasteiger partial charge < -0.3 is 14.8 Å². The smallest absolute Gasteiger partial charge is 0.246 e. The summed E-state index contributed by atoms with van der Waals surface area (Å²) in [6.07, 6.45) is 0. The van der Waals surface area contributed by atoms with Crippen LogP contribution in [-0.4, -0.2) is 32.1 Å². The Morgan fingerprint density at radius 1 is 1.00 bits per heavy atom. The first-order valence-corrected chi connectivity index (χ1v) is 9.54. The van der Waals surface area contributed by atoms with Crippen molar-refractivity contribution < 1.29 is 18.7 Å². The molecule has 0 aliphatic carbocycles. The Bertz CT molecular complexity index is 978. The lowest BCUT2D eigenvalue weighted by molar-refractivity contribution is -0.121. The van der Waals surface area contributed by atoms with Crippen molar-refractivity contribution in [2.75, 3.05) is 26.6 Å². The van der Waals surface area contributed by atoms with Crippen LogP contribution in [0.2, 0.25) is 0 Å². The molecule has 1 unspecified atom stereocenters. The highest BCUT2D eigenvalue weighted by Gasteiger charge is 2.26. The van der Waals surface area contributed by atoms with Crippen LogP contribution in [0.4, 0.5) is 10.1 Å². The summed E-state index contributed by atoms with van der Waals surface area (Å²) in [5.74, 6) is 0.831. The van der Waals surface area contributed by atoms with Gasteiger partial charge in [-0.15, -0.1) is 0 Å². The number of hydrogen-bond acceptors (Lipinski definition) is 4. The van der Waals surface area contributed by atoms with Gasteiger partial charge in [0, 0.05) is 23.9 Å². The molecular formula is C24H25FN2O3. The molecule has 1 atom stereocenters. The number of amides is 1. The third-order valence-electron chi connectivity index (χ3n) is 4.83. The van der Waals surface area contributed by atoms with Crippen LogP contribution >= 0.6 is 0 Å². The second-order valence-electron chi connectivity index (χ2n) is 6.90. The highest BCUT2D eigenvalue weighted by atomic mass is 19.1. The van der Waals surface area contributed by atoms with E-state index in [-0.39, 0.29) is 11.7 Å². The van der Waals surface area contributed by atoms with E-state index in [4.69, 9.17) is 9.47 Å². The third kappa shape index (κ3) is 5.15. The molecule has 0 saturated carbocycles. The number of rotatable bonds is 8. The topological polar surface area (TPSA) is 50.8 Å². The van der Waals surface area contributed by atoms with Crippen molar-refractivity contribution in [3.63, 3.8) is 0 Å². The molecule has 1 amide bonds. The van der Waals surface area contributed by atoms with Gasteiger partial charge in [0.1, 0.15) is 23.4 Å². The maximum atomic E-state index is 13.2. The minimum absolute atomic E-state index is 0.206. The molecular weight excluding hydrogens is 383 g/mol. The summed E-state index contributed by atoms with van der Waals surface area (Å²) >= 11 is 0. The van der Waals surface area contributed by atoms with E-state index in [0.29, 0.717) is 23.7 Å². The minimum atomic E-state index is -0.553. The maximum Gasteiger partial charge on any atom is 0.246 e.